The molecule has 0 aliphatic carbocycles. The molecule has 1 aromatic heterocycles. The van der Waals surface area contributed by atoms with Crippen LogP contribution in [-0.4, -0.2) is 6.54 Å². The summed E-state index contributed by atoms with van der Waals surface area (Å²) in [6, 6.07) is 8.04. The quantitative estimate of drug-likeness (QED) is 0.687. The number of hydrogen-bond acceptors (Lipinski definition) is 2. The van der Waals surface area contributed by atoms with Crippen LogP contribution in [0.2, 0.25) is 13.7 Å². The summed E-state index contributed by atoms with van der Waals surface area (Å²) < 4.78 is 1.42. The Labute approximate surface area is 138 Å². The normalized spacial score (nSPS) is 12.7. The van der Waals surface area contributed by atoms with Crippen LogP contribution < -0.4 is 5.32 Å². The first kappa shape index (κ1) is 16.1. The zero-order valence-corrected chi connectivity index (χ0v) is 14.4. The van der Waals surface area contributed by atoms with Crippen molar-refractivity contribution in [2.75, 3.05) is 6.54 Å². The minimum atomic E-state index is 0.0179. The molecule has 108 valence electrons. The lowest BCUT2D eigenvalue weighted by molar-refractivity contribution is 0.600. The summed E-state index contributed by atoms with van der Waals surface area (Å²) in [5.41, 5.74) is 3.18. The molecule has 1 aromatic carbocycles. The van der Waals surface area contributed by atoms with Gasteiger partial charge in [0.2, 0.25) is 0 Å². The Bertz CT molecular complexity index is 595. The highest BCUT2D eigenvalue weighted by Gasteiger charge is 2.19. The first-order valence-corrected chi connectivity index (χ1v) is 8.42. The van der Waals surface area contributed by atoms with E-state index in [0.29, 0.717) is 4.34 Å². The third kappa shape index (κ3) is 3.69. The number of rotatable bonds is 5. The number of nitrogens with one attached hydrogen (secondary N) is 1. The van der Waals surface area contributed by atoms with Crippen LogP contribution in [0, 0.1) is 6.92 Å². The van der Waals surface area contributed by atoms with E-state index >= 15 is 0 Å². The highest BCUT2D eigenvalue weighted by Crippen LogP contribution is 2.38. The molecule has 0 radical (unpaired) electrons. The molecule has 1 N–H and O–H groups in total. The third-order valence-corrected chi connectivity index (χ3v) is 5.05. The summed E-state index contributed by atoms with van der Waals surface area (Å²) in [6.45, 7) is 5.03. The lowest BCUT2D eigenvalue weighted by atomic mass is 10.00. The molecule has 0 fully saturated rings. The van der Waals surface area contributed by atoms with E-state index in [1.165, 1.54) is 11.3 Å². The van der Waals surface area contributed by atoms with Crippen molar-refractivity contribution in [2.24, 2.45) is 0 Å². The fourth-order valence-electron chi connectivity index (χ4n) is 2.03. The van der Waals surface area contributed by atoms with E-state index in [1.807, 2.05) is 25.1 Å². The van der Waals surface area contributed by atoms with Gasteiger partial charge >= 0.3 is 0 Å². The number of halogens is 3. The van der Waals surface area contributed by atoms with Crippen molar-refractivity contribution in [3.8, 4) is 0 Å². The summed E-state index contributed by atoms with van der Waals surface area (Å²) in [5, 5.41) is 4.27. The molecule has 1 nitrogen and oxygen atoms in total. The highest BCUT2D eigenvalue weighted by molar-refractivity contribution is 7.20. The maximum absolute atomic E-state index is 6.30. The molecule has 0 aliphatic heterocycles. The fourth-order valence-corrected chi connectivity index (χ4v) is 3.76. The van der Waals surface area contributed by atoms with Gasteiger partial charge in [-0.25, -0.2) is 0 Å². The van der Waals surface area contributed by atoms with E-state index in [4.69, 9.17) is 34.8 Å². The standard InChI is InChI=1S/C15H16Cl3NS/c1-3-6-19-14(11-8-13(17)20-15(11)18)10-5-4-9(2)12(16)7-10/h4-5,7-8,14,19H,3,6H2,1-2H3. The van der Waals surface area contributed by atoms with Gasteiger partial charge in [0.25, 0.3) is 0 Å². The molecule has 0 aliphatic rings. The maximum Gasteiger partial charge on any atom is 0.0995 e. The van der Waals surface area contributed by atoms with Gasteiger partial charge in [-0.1, -0.05) is 53.9 Å². The van der Waals surface area contributed by atoms with Crippen molar-refractivity contribution in [3.05, 3.63) is 54.7 Å². The van der Waals surface area contributed by atoms with Gasteiger partial charge in [0.15, 0.2) is 0 Å². The van der Waals surface area contributed by atoms with E-state index in [9.17, 15) is 0 Å². The van der Waals surface area contributed by atoms with Gasteiger partial charge in [-0.05, 0) is 43.1 Å². The predicted octanol–water partition coefficient (Wildman–Crippen LogP) is 6.11. The molecule has 5 heteroatoms. The number of aryl methyl sites for hydroxylation is 1. The zero-order chi connectivity index (χ0) is 14.7. The molecule has 1 heterocycles. The number of thiophene rings is 1. The Morgan fingerprint density at radius 1 is 1.20 bits per heavy atom. The van der Waals surface area contributed by atoms with E-state index in [2.05, 4.69) is 18.3 Å². The van der Waals surface area contributed by atoms with Crippen LogP contribution in [0.15, 0.2) is 24.3 Å². The first-order valence-electron chi connectivity index (χ1n) is 6.47. The lowest BCUT2D eigenvalue weighted by Gasteiger charge is -2.19. The van der Waals surface area contributed by atoms with Crippen molar-refractivity contribution in [3.63, 3.8) is 0 Å². The molecular formula is C15H16Cl3NS. The van der Waals surface area contributed by atoms with Gasteiger partial charge in [-0.2, -0.15) is 0 Å². The van der Waals surface area contributed by atoms with Crippen LogP contribution in [0.5, 0.6) is 0 Å². The van der Waals surface area contributed by atoms with E-state index < -0.39 is 0 Å². The Kier molecular flexibility index (Phi) is 5.76. The molecule has 0 bridgehead atoms. The van der Waals surface area contributed by atoms with Gasteiger partial charge in [-0.3, -0.25) is 0 Å². The molecule has 0 saturated heterocycles. The van der Waals surface area contributed by atoms with Crippen molar-refractivity contribution < 1.29 is 0 Å². The summed E-state index contributed by atoms with van der Waals surface area (Å²) in [6.07, 6.45) is 1.05. The Morgan fingerprint density at radius 3 is 2.50 bits per heavy atom. The van der Waals surface area contributed by atoms with Crippen molar-refractivity contribution >= 4 is 46.1 Å². The molecular weight excluding hydrogens is 333 g/mol. The molecule has 2 rings (SSSR count). The molecule has 2 aromatic rings. The average molecular weight is 349 g/mol. The van der Waals surface area contributed by atoms with Crippen LogP contribution >= 0.6 is 46.1 Å². The van der Waals surface area contributed by atoms with Crippen LogP contribution in [-0.2, 0) is 0 Å². The van der Waals surface area contributed by atoms with Crippen molar-refractivity contribution in [2.45, 2.75) is 26.3 Å². The minimum absolute atomic E-state index is 0.0179. The Hall–Kier alpha value is -0.250. The van der Waals surface area contributed by atoms with Gasteiger partial charge < -0.3 is 5.32 Å². The molecule has 0 spiro atoms. The SMILES string of the molecule is CCCNC(c1ccc(C)c(Cl)c1)c1cc(Cl)sc1Cl. The molecule has 1 atom stereocenters. The Morgan fingerprint density at radius 2 is 1.95 bits per heavy atom. The average Bonchev–Trinajstić information content (AvgIpc) is 2.73. The first-order chi connectivity index (χ1) is 9.52. The van der Waals surface area contributed by atoms with Gasteiger partial charge in [0.1, 0.15) is 0 Å². The second-order valence-electron chi connectivity index (χ2n) is 4.68. The van der Waals surface area contributed by atoms with E-state index in [-0.39, 0.29) is 6.04 Å². The summed E-state index contributed by atoms with van der Waals surface area (Å²) in [4.78, 5) is 0. The minimum Gasteiger partial charge on any atom is -0.306 e. The highest BCUT2D eigenvalue weighted by atomic mass is 35.5. The second kappa shape index (κ2) is 7.15. The van der Waals surface area contributed by atoms with Crippen molar-refractivity contribution in [1.29, 1.82) is 0 Å². The molecule has 20 heavy (non-hydrogen) atoms. The third-order valence-electron chi connectivity index (χ3n) is 3.12. The van der Waals surface area contributed by atoms with Gasteiger partial charge in [0, 0.05) is 10.6 Å². The lowest BCUT2D eigenvalue weighted by Crippen LogP contribution is -2.23. The van der Waals surface area contributed by atoms with Crippen LogP contribution in [0.25, 0.3) is 0 Å². The maximum atomic E-state index is 6.30. The Balaban J connectivity index is 2.41. The molecule has 1 unspecified atom stereocenters. The topological polar surface area (TPSA) is 12.0 Å². The zero-order valence-electron chi connectivity index (χ0n) is 11.3. The second-order valence-corrected chi connectivity index (χ2v) is 7.37. The van der Waals surface area contributed by atoms with Crippen LogP contribution in [0.1, 0.15) is 36.1 Å². The largest absolute Gasteiger partial charge is 0.306 e. The van der Waals surface area contributed by atoms with E-state index in [0.717, 1.165) is 39.0 Å². The fraction of sp³-hybridized carbons (Fsp3) is 0.333. The molecule has 0 saturated carbocycles. The van der Waals surface area contributed by atoms with Crippen LogP contribution in [0.4, 0.5) is 0 Å². The van der Waals surface area contributed by atoms with E-state index in [1.54, 1.807) is 0 Å². The smallest absolute Gasteiger partial charge is 0.0995 e. The number of hydrogen-bond donors (Lipinski definition) is 1. The number of benzene rings is 1. The summed E-state index contributed by atoms with van der Waals surface area (Å²) in [7, 11) is 0. The summed E-state index contributed by atoms with van der Waals surface area (Å²) in [5.74, 6) is 0. The molecule has 0 amide bonds. The van der Waals surface area contributed by atoms with Gasteiger partial charge in [-0.15, -0.1) is 11.3 Å². The predicted molar refractivity (Wildman–Crippen MR) is 90.7 cm³/mol. The van der Waals surface area contributed by atoms with Crippen molar-refractivity contribution in [1.82, 2.24) is 5.32 Å². The monoisotopic (exact) mass is 347 g/mol. The van der Waals surface area contributed by atoms with Crippen LogP contribution in [0.3, 0.4) is 0 Å². The van der Waals surface area contributed by atoms with Gasteiger partial charge in [0.05, 0.1) is 14.7 Å². The summed E-state index contributed by atoms with van der Waals surface area (Å²) >= 11 is 20.0.